The van der Waals surface area contributed by atoms with Crippen LogP contribution >= 0.6 is 0 Å². The standard InChI is InChI=1S/C17H15N3O2/c1-20-11-10-16(19-20)18-17(21)13-6-5-9-15(12-13)22-14-7-3-2-4-8-14/h2-12H,1H3,(H,18,19,21). The van der Waals surface area contributed by atoms with Gasteiger partial charge in [-0.1, -0.05) is 24.3 Å². The van der Waals surface area contributed by atoms with E-state index in [1.807, 2.05) is 36.4 Å². The van der Waals surface area contributed by atoms with E-state index in [0.29, 0.717) is 17.1 Å². The Labute approximate surface area is 128 Å². The van der Waals surface area contributed by atoms with Crippen LogP contribution in [0.4, 0.5) is 5.82 Å². The van der Waals surface area contributed by atoms with Gasteiger partial charge in [0.15, 0.2) is 5.82 Å². The summed E-state index contributed by atoms with van der Waals surface area (Å²) in [5, 5.41) is 6.86. The van der Waals surface area contributed by atoms with Crippen molar-refractivity contribution in [2.75, 3.05) is 5.32 Å². The van der Waals surface area contributed by atoms with Gasteiger partial charge in [0.25, 0.3) is 5.91 Å². The normalized spacial score (nSPS) is 10.2. The molecule has 0 aliphatic rings. The molecule has 0 unspecified atom stereocenters. The molecule has 1 heterocycles. The Morgan fingerprint density at radius 1 is 1.05 bits per heavy atom. The van der Waals surface area contributed by atoms with Crippen LogP contribution in [0.2, 0.25) is 0 Å². The predicted molar refractivity (Wildman–Crippen MR) is 84.1 cm³/mol. The molecule has 0 spiro atoms. The lowest BCUT2D eigenvalue weighted by Crippen LogP contribution is -2.12. The van der Waals surface area contributed by atoms with E-state index in [9.17, 15) is 4.79 Å². The quantitative estimate of drug-likeness (QED) is 0.801. The lowest BCUT2D eigenvalue weighted by molar-refractivity contribution is 0.102. The summed E-state index contributed by atoms with van der Waals surface area (Å²) in [5.41, 5.74) is 0.513. The van der Waals surface area contributed by atoms with Crippen molar-refractivity contribution in [2.24, 2.45) is 7.05 Å². The number of rotatable bonds is 4. The lowest BCUT2D eigenvalue weighted by atomic mass is 10.2. The fourth-order valence-corrected chi connectivity index (χ4v) is 2.00. The van der Waals surface area contributed by atoms with Crippen molar-refractivity contribution >= 4 is 11.7 Å². The first-order valence-corrected chi connectivity index (χ1v) is 6.85. The molecular weight excluding hydrogens is 278 g/mol. The molecule has 0 aliphatic carbocycles. The van der Waals surface area contributed by atoms with Gasteiger partial charge in [-0.2, -0.15) is 5.10 Å². The van der Waals surface area contributed by atoms with Gasteiger partial charge in [-0.25, -0.2) is 0 Å². The minimum absolute atomic E-state index is 0.225. The van der Waals surface area contributed by atoms with Crippen LogP contribution in [0.3, 0.4) is 0 Å². The van der Waals surface area contributed by atoms with Crippen molar-refractivity contribution in [1.82, 2.24) is 9.78 Å². The second-order valence-electron chi connectivity index (χ2n) is 4.77. The average molecular weight is 293 g/mol. The van der Waals surface area contributed by atoms with Gasteiger partial charge in [-0.05, 0) is 30.3 Å². The van der Waals surface area contributed by atoms with E-state index in [1.165, 1.54) is 0 Å². The van der Waals surface area contributed by atoms with E-state index in [4.69, 9.17) is 4.74 Å². The van der Waals surface area contributed by atoms with Gasteiger partial charge in [0.05, 0.1) is 0 Å². The van der Waals surface area contributed by atoms with E-state index in [-0.39, 0.29) is 5.91 Å². The fourth-order valence-electron chi connectivity index (χ4n) is 2.00. The van der Waals surface area contributed by atoms with E-state index < -0.39 is 0 Å². The van der Waals surface area contributed by atoms with Crippen molar-refractivity contribution in [2.45, 2.75) is 0 Å². The van der Waals surface area contributed by atoms with Crippen molar-refractivity contribution in [1.29, 1.82) is 0 Å². The number of hydrogen-bond acceptors (Lipinski definition) is 3. The third-order valence-electron chi connectivity index (χ3n) is 3.03. The number of anilines is 1. The number of para-hydroxylation sites is 1. The first kappa shape index (κ1) is 13.9. The van der Waals surface area contributed by atoms with Crippen LogP contribution in [0.25, 0.3) is 0 Å². The maximum Gasteiger partial charge on any atom is 0.256 e. The summed E-state index contributed by atoms with van der Waals surface area (Å²) in [6, 6.07) is 18.2. The molecule has 22 heavy (non-hydrogen) atoms. The summed E-state index contributed by atoms with van der Waals surface area (Å²) >= 11 is 0. The molecule has 0 fully saturated rings. The maximum atomic E-state index is 12.2. The third kappa shape index (κ3) is 3.32. The van der Waals surface area contributed by atoms with Crippen LogP contribution in [0.15, 0.2) is 66.9 Å². The minimum Gasteiger partial charge on any atom is -0.457 e. The monoisotopic (exact) mass is 293 g/mol. The van der Waals surface area contributed by atoms with Gasteiger partial charge >= 0.3 is 0 Å². The van der Waals surface area contributed by atoms with Crippen molar-refractivity contribution in [3.05, 3.63) is 72.4 Å². The van der Waals surface area contributed by atoms with Crippen molar-refractivity contribution in [3.63, 3.8) is 0 Å². The van der Waals surface area contributed by atoms with Crippen LogP contribution in [0, 0.1) is 0 Å². The summed E-state index contributed by atoms with van der Waals surface area (Å²) in [6.07, 6.45) is 1.77. The van der Waals surface area contributed by atoms with Crippen LogP contribution in [-0.2, 0) is 7.05 Å². The Bertz CT molecular complexity index is 781. The Kier molecular flexibility index (Phi) is 3.87. The Hall–Kier alpha value is -3.08. The molecule has 0 saturated carbocycles. The highest BCUT2D eigenvalue weighted by Crippen LogP contribution is 2.22. The minimum atomic E-state index is -0.225. The van der Waals surface area contributed by atoms with Gasteiger partial charge in [0.2, 0.25) is 0 Å². The topological polar surface area (TPSA) is 56.2 Å². The fraction of sp³-hybridized carbons (Fsp3) is 0.0588. The second kappa shape index (κ2) is 6.13. The first-order valence-electron chi connectivity index (χ1n) is 6.85. The Morgan fingerprint density at radius 3 is 2.55 bits per heavy atom. The van der Waals surface area contributed by atoms with Gasteiger partial charge in [0.1, 0.15) is 11.5 Å². The van der Waals surface area contributed by atoms with Gasteiger partial charge in [-0.3, -0.25) is 9.48 Å². The number of benzene rings is 2. The van der Waals surface area contributed by atoms with Gasteiger partial charge in [0, 0.05) is 24.9 Å². The molecule has 0 atom stereocenters. The number of hydrogen-bond donors (Lipinski definition) is 1. The molecule has 3 rings (SSSR count). The summed E-state index contributed by atoms with van der Waals surface area (Å²) in [4.78, 5) is 12.2. The highest BCUT2D eigenvalue weighted by molar-refractivity contribution is 6.03. The number of carbonyl (C=O) groups excluding carboxylic acids is 1. The number of nitrogens with zero attached hydrogens (tertiary/aromatic N) is 2. The van der Waals surface area contributed by atoms with Crippen LogP contribution < -0.4 is 10.1 Å². The zero-order chi connectivity index (χ0) is 15.4. The van der Waals surface area contributed by atoms with E-state index in [1.54, 1.807) is 42.2 Å². The molecule has 0 aliphatic heterocycles. The molecule has 2 aromatic carbocycles. The molecule has 3 aromatic rings. The zero-order valence-corrected chi connectivity index (χ0v) is 12.1. The molecule has 0 saturated heterocycles. The van der Waals surface area contributed by atoms with Gasteiger partial charge in [-0.15, -0.1) is 0 Å². The number of aromatic nitrogens is 2. The van der Waals surface area contributed by atoms with Crippen LogP contribution in [0.1, 0.15) is 10.4 Å². The summed E-state index contributed by atoms with van der Waals surface area (Å²) in [7, 11) is 1.80. The summed E-state index contributed by atoms with van der Waals surface area (Å²) in [5.74, 6) is 1.63. The second-order valence-corrected chi connectivity index (χ2v) is 4.77. The maximum absolute atomic E-state index is 12.2. The highest BCUT2D eigenvalue weighted by Gasteiger charge is 2.09. The summed E-state index contributed by atoms with van der Waals surface area (Å²) < 4.78 is 7.35. The van der Waals surface area contributed by atoms with Crippen LogP contribution in [0.5, 0.6) is 11.5 Å². The molecular formula is C17H15N3O2. The van der Waals surface area contributed by atoms with Gasteiger partial charge < -0.3 is 10.1 Å². The molecule has 110 valence electrons. The molecule has 0 bridgehead atoms. The molecule has 5 heteroatoms. The van der Waals surface area contributed by atoms with Crippen molar-refractivity contribution < 1.29 is 9.53 Å². The van der Waals surface area contributed by atoms with Crippen molar-refractivity contribution in [3.8, 4) is 11.5 Å². The molecule has 1 N–H and O–H groups in total. The first-order chi connectivity index (χ1) is 10.7. The largest absolute Gasteiger partial charge is 0.457 e. The summed E-state index contributed by atoms with van der Waals surface area (Å²) in [6.45, 7) is 0. The van der Waals surface area contributed by atoms with Crippen LogP contribution in [-0.4, -0.2) is 15.7 Å². The number of amides is 1. The number of carbonyl (C=O) groups is 1. The molecule has 1 aromatic heterocycles. The number of aryl methyl sites for hydroxylation is 1. The Balaban J connectivity index is 1.74. The average Bonchev–Trinajstić information content (AvgIpc) is 2.93. The number of ether oxygens (including phenoxy) is 1. The van der Waals surface area contributed by atoms with E-state index in [0.717, 1.165) is 5.75 Å². The zero-order valence-electron chi connectivity index (χ0n) is 12.1. The molecule has 5 nitrogen and oxygen atoms in total. The molecule has 1 amide bonds. The van der Waals surface area contributed by atoms with E-state index >= 15 is 0 Å². The third-order valence-corrected chi connectivity index (χ3v) is 3.03. The SMILES string of the molecule is Cn1ccc(NC(=O)c2cccc(Oc3ccccc3)c2)n1. The molecule has 0 radical (unpaired) electrons. The number of nitrogens with one attached hydrogen (secondary N) is 1. The van der Waals surface area contributed by atoms with E-state index in [2.05, 4.69) is 10.4 Å². The smallest absolute Gasteiger partial charge is 0.256 e. The Morgan fingerprint density at radius 2 is 1.82 bits per heavy atom. The predicted octanol–water partition coefficient (Wildman–Crippen LogP) is 3.46. The highest BCUT2D eigenvalue weighted by atomic mass is 16.5. The lowest BCUT2D eigenvalue weighted by Gasteiger charge is -2.07.